The van der Waals surface area contributed by atoms with Crippen LogP contribution < -0.4 is 10.9 Å². The van der Waals surface area contributed by atoms with Crippen molar-refractivity contribution in [2.24, 2.45) is 12.0 Å². The van der Waals surface area contributed by atoms with Crippen molar-refractivity contribution in [3.05, 3.63) is 58.3 Å². The largest absolute Gasteiger partial charge is 0.356 e. The number of rotatable bonds is 7. The number of aryl methyl sites for hydroxylation is 2. The second-order valence-corrected chi connectivity index (χ2v) is 6.30. The number of aromatic nitrogens is 2. The Morgan fingerprint density at radius 2 is 2.04 bits per heavy atom. The minimum atomic E-state index is 0.0751. The van der Waals surface area contributed by atoms with Crippen molar-refractivity contribution >= 4 is 5.96 Å². The number of hydrogen-bond donors (Lipinski definition) is 1. The van der Waals surface area contributed by atoms with Gasteiger partial charge in [0.05, 0.1) is 6.54 Å². The summed E-state index contributed by atoms with van der Waals surface area (Å²) in [5.41, 5.74) is 2.33. The summed E-state index contributed by atoms with van der Waals surface area (Å²) in [5.74, 6) is 0.884. The highest BCUT2D eigenvalue weighted by Crippen LogP contribution is 2.04. The smallest absolute Gasteiger partial charge is 0.250 e. The fraction of sp³-hybridized carbons (Fsp3) is 0.474. The first-order valence-electron chi connectivity index (χ1n) is 8.71. The van der Waals surface area contributed by atoms with Gasteiger partial charge in [0.2, 0.25) is 0 Å². The summed E-state index contributed by atoms with van der Waals surface area (Å²) >= 11 is 0. The molecule has 0 saturated heterocycles. The van der Waals surface area contributed by atoms with E-state index in [1.165, 1.54) is 5.69 Å². The van der Waals surface area contributed by atoms with E-state index in [1.807, 2.05) is 50.0 Å². The lowest BCUT2D eigenvalue weighted by Crippen LogP contribution is -2.39. The Morgan fingerprint density at radius 3 is 2.68 bits per heavy atom. The average molecular weight is 343 g/mol. The summed E-state index contributed by atoms with van der Waals surface area (Å²) in [7, 11) is 5.89. The summed E-state index contributed by atoms with van der Waals surface area (Å²) < 4.78 is 3.94. The van der Waals surface area contributed by atoms with Crippen LogP contribution in [0.4, 0.5) is 0 Å². The van der Waals surface area contributed by atoms with E-state index in [0.29, 0.717) is 0 Å². The van der Waals surface area contributed by atoms with Crippen molar-refractivity contribution in [2.75, 3.05) is 20.6 Å². The van der Waals surface area contributed by atoms with Gasteiger partial charge in [-0.2, -0.15) is 0 Å². The quantitative estimate of drug-likeness (QED) is 0.475. The summed E-state index contributed by atoms with van der Waals surface area (Å²) in [6.45, 7) is 4.37. The Bertz CT molecular complexity index is 759. The molecule has 0 aliphatic carbocycles. The highest BCUT2D eigenvalue weighted by atomic mass is 16.1. The predicted molar refractivity (Wildman–Crippen MR) is 103 cm³/mol. The van der Waals surface area contributed by atoms with Gasteiger partial charge in [-0.3, -0.25) is 9.79 Å². The van der Waals surface area contributed by atoms with Crippen molar-refractivity contribution in [3.63, 3.8) is 0 Å². The van der Waals surface area contributed by atoms with Gasteiger partial charge in [0.1, 0.15) is 0 Å². The highest BCUT2D eigenvalue weighted by molar-refractivity contribution is 5.79. The SMILES string of the molecule is CN=C(NCCCCn1c(C)cccc1=O)N(C)Cc1cccn1C. The second-order valence-electron chi connectivity index (χ2n) is 6.30. The van der Waals surface area contributed by atoms with E-state index in [4.69, 9.17) is 0 Å². The van der Waals surface area contributed by atoms with Crippen LogP contribution in [0.1, 0.15) is 24.2 Å². The van der Waals surface area contributed by atoms with Crippen LogP contribution >= 0.6 is 0 Å². The zero-order valence-corrected chi connectivity index (χ0v) is 15.7. The first kappa shape index (κ1) is 18.8. The standard InChI is InChI=1S/C19H29N5O/c1-16-9-7-11-18(25)24(16)14-6-5-12-21-19(20-2)23(4)15-17-10-8-13-22(17)3/h7-11,13H,5-6,12,14-15H2,1-4H3,(H,20,21). The van der Waals surface area contributed by atoms with E-state index in [-0.39, 0.29) is 5.56 Å². The Morgan fingerprint density at radius 1 is 1.24 bits per heavy atom. The third kappa shape index (κ3) is 5.24. The van der Waals surface area contributed by atoms with Crippen molar-refractivity contribution < 1.29 is 0 Å². The molecule has 136 valence electrons. The molecule has 0 unspecified atom stereocenters. The lowest BCUT2D eigenvalue weighted by molar-refractivity contribution is 0.459. The van der Waals surface area contributed by atoms with Crippen LogP contribution in [0.25, 0.3) is 0 Å². The molecule has 0 amide bonds. The van der Waals surface area contributed by atoms with Gasteiger partial charge in [-0.25, -0.2) is 0 Å². The van der Waals surface area contributed by atoms with Gasteiger partial charge in [-0.1, -0.05) is 6.07 Å². The van der Waals surface area contributed by atoms with Gasteiger partial charge in [-0.05, 0) is 38.0 Å². The predicted octanol–water partition coefficient (Wildman–Crippen LogP) is 1.98. The topological polar surface area (TPSA) is 54.6 Å². The molecule has 0 fully saturated rings. The molecule has 0 radical (unpaired) electrons. The Hall–Kier alpha value is -2.50. The van der Waals surface area contributed by atoms with Gasteiger partial charge < -0.3 is 19.4 Å². The van der Waals surface area contributed by atoms with Crippen LogP contribution in [0.2, 0.25) is 0 Å². The first-order valence-corrected chi connectivity index (χ1v) is 8.71. The molecule has 2 rings (SSSR count). The maximum absolute atomic E-state index is 11.8. The molecule has 0 aliphatic rings. The van der Waals surface area contributed by atoms with Crippen LogP contribution in [0, 0.1) is 6.92 Å². The normalized spacial score (nSPS) is 11.6. The van der Waals surface area contributed by atoms with E-state index < -0.39 is 0 Å². The van der Waals surface area contributed by atoms with Crippen LogP contribution in [-0.4, -0.2) is 40.6 Å². The third-order valence-corrected chi connectivity index (χ3v) is 4.38. The summed E-state index contributed by atoms with van der Waals surface area (Å²) in [6, 6.07) is 9.56. The molecule has 0 spiro atoms. The molecule has 0 aromatic carbocycles. The van der Waals surface area contributed by atoms with Crippen LogP contribution in [0.5, 0.6) is 0 Å². The van der Waals surface area contributed by atoms with Crippen molar-refractivity contribution in [1.29, 1.82) is 0 Å². The lowest BCUT2D eigenvalue weighted by Gasteiger charge is -2.22. The fourth-order valence-corrected chi connectivity index (χ4v) is 2.87. The first-order chi connectivity index (χ1) is 12.0. The molecule has 0 aliphatic heterocycles. The monoisotopic (exact) mass is 343 g/mol. The molecule has 2 aromatic heterocycles. The summed E-state index contributed by atoms with van der Waals surface area (Å²) in [5, 5.41) is 3.40. The van der Waals surface area contributed by atoms with Crippen molar-refractivity contribution in [1.82, 2.24) is 19.4 Å². The van der Waals surface area contributed by atoms with Crippen molar-refractivity contribution in [2.45, 2.75) is 32.9 Å². The number of guanidine groups is 1. The minimum absolute atomic E-state index is 0.0751. The van der Waals surface area contributed by atoms with Crippen LogP contribution in [0.15, 0.2) is 46.3 Å². The van der Waals surface area contributed by atoms with Crippen LogP contribution in [0.3, 0.4) is 0 Å². The lowest BCUT2D eigenvalue weighted by atomic mass is 10.3. The zero-order valence-electron chi connectivity index (χ0n) is 15.7. The molecular weight excluding hydrogens is 314 g/mol. The van der Waals surface area contributed by atoms with Crippen molar-refractivity contribution in [3.8, 4) is 0 Å². The van der Waals surface area contributed by atoms with Gasteiger partial charge in [0.15, 0.2) is 5.96 Å². The molecule has 0 saturated carbocycles. The molecule has 0 atom stereocenters. The number of pyridine rings is 1. The highest BCUT2D eigenvalue weighted by Gasteiger charge is 2.08. The van der Waals surface area contributed by atoms with Crippen LogP contribution in [-0.2, 0) is 20.1 Å². The zero-order chi connectivity index (χ0) is 18.2. The van der Waals surface area contributed by atoms with E-state index in [2.05, 4.69) is 25.8 Å². The van der Waals surface area contributed by atoms with E-state index in [1.54, 1.807) is 13.1 Å². The number of aliphatic imine (C=N–C) groups is 1. The fourth-order valence-electron chi connectivity index (χ4n) is 2.87. The van der Waals surface area contributed by atoms with Gasteiger partial charge >= 0.3 is 0 Å². The molecule has 0 bridgehead atoms. The van der Waals surface area contributed by atoms with Gasteiger partial charge in [0.25, 0.3) is 5.56 Å². The molecular formula is C19H29N5O. The summed E-state index contributed by atoms with van der Waals surface area (Å²) in [6.07, 6.45) is 3.99. The minimum Gasteiger partial charge on any atom is -0.356 e. The number of unbranched alkanes of at least 4 members (excludes halogenated alkanes) is 1. The second kappa shape index (κ2) is 9.11. The summed E-state index contributed by atoms with van der Waals surface area (Å²) in [4.78, 5) is 18.3. The Labute approximate surface area is 149 Å². The Balaban J connectivity index is 1.76. The molecule has 6 nitrogen and oxygen atoms in total. The van der Waals surface area contributed by atoms with E-state index >= 15 is 0 Å². The maximum Gasteiger partial charge on any atom is 0.250 e. The van der Waals surface area contributed by atoms with E-state index in [0.717, 1.165) is 44.1 Å². The average Bonchev–Trinajstić information content (AvgIpc) is 2.98. The number of nitrogens with zero attached hydrogens (tertiary/aromatic N) is 4. The Kier molecular flexibility index (Phi) is 6.86. The molecule has 6 heteroatoms. The molecule has 2 heterocycles. The van der Waals surface area contributed by atoms with E-state index in [9.17, 15) is 4.79 Å². The van der Waals surface area contributed by atoms with Gasteiger partial charge in [0, 0.05) is 57.9 Å². The molecule has 1 N–H and O–H groups in total. The third-order valence-electron chi connectivity index (χ3n) is 4.38. The van der Waals surface area contributed by atoms with Gasteiger partial charge in [-0.15, -0.1) is 0 Å². The maximum atomic E-state index is 11.8. The number of nitrogens with one attached hydrogen (secondary N) is 1. The molecule has 25 heavy (non-hydrogen) atoms. The number of hydrogen-bond acceptors (Lipinski definition) is 2. The molecule has 2 aromatic rings.